The standard InChI is InChI=1S/C9H12N4O/c1-4-7-5(2)10-9-11-6(3)12-13(9)8(7)14/h14H,4H2,1-3H3. The highest BCUT2D eigenvalue weighted by atomic mass is 16.3. The van der Waals surface area contributed by atoms with Gasteiger partial charge in [-0.05, 0) is 20.3 Å². The minimum atomic E-state index is 0.149. The van der Waals surface area contributed by atoms with E-state index in [-0.39, 0.29) is 5.88 Å². The number of aryl methyl sites for hydroxylation is 2. The van der Waals surface area contributed by atoms with E-state index in [9.17, 15) is 5.11 Å². The normalized spacial score (nSPS) is 11.1. The van der Waals surface area contributed by atoms with Crippen LogP contribution in [0, 0.1) is 13.8 Å². The Labute approximate surface area is 81.4 Å². The first-order valence-corrected chi connectivity index (χ1v) is 4.55. The maximum absolute atomic E-state index is 9.86. The molecule has 0 aliphatic heterocycles. The maximum Gasteiger partial charge on any atom is 0.255 e. The van der Waals surface area contributed by atoms with Crippen molar-refractivity contribution in [2.75, 3.05) is 0 Å². The van der Waals surface area contributed by atoms with Crippen LogP contribution in [0.1, 0.15) is 24.0 Å². The van der Waals surface area contributed by atoms with Gasteiger partial charge in [0.05, 0.1) is 0 Å². The summed E-state index contributed by atoms with van der Waals surface area (Å²) >= 11 is 0. The summed E-state index contributed by atoms with van der Waals surface area (Å²) in [7, 11) is 0. The molecule has 5 heteroatoms. The maximum atomic E-state index is 9.86. The summed E-state index contributed by atoms with van der Waals surface area (Å²) in [6.07, 6.45) is 0.736. The molecule has 2 aromatic heterocycles. The predicted molar refractivity (Wildman–Crippen MR) is 51.3 cm³/mol. The van der Waals surface area contributed by atoms with Crippen LogP contribution in [0.2, 0.25) is 0 Å². The van der Waals surface area contributed by atoms with Gasteiger partial charge < -0.3 is 5.11 Å². The molecule has 0 aliphatic carbocycles. The van der Waals surface area contributed by atoms with Crippen molar-refractivity contribution in [2.24, 2.45) is 0 Å². The van der Waals surface area contributed by atoms with Crippen LogP contribution in [0.3, 0.4) is 0 Å². The molecule has 14 heavy (non-hydrogen) atoms. The number of rotatable bonds is 1. The van der Waals surface area contributed by atoms with Gasteiger partial charge in [0, 0.05) is 11.3 Å². The average Bonchev–Trinajstić information content (AvgIpc) is 2.47. The van der Waals surface area contributed by atoms with Gasteiger partial charge in [-0.3, -0.25) is 0 Å². The first-order chi connectivity index (χ1) is 6.63. The number of nitrogens with zero attached hydrogens (tertiary/aromatic N) is 4. The molecule has 0 unspecified atom stereocenters. The fraction of sp³-hybridized carbons (Fsp3) is 0.444. The topological polar surface area (TPSA) is 63.3 Å². The van der Waals surface area contributed by atoms with E-state index >= 15 is 0 Å². The Morgan fingerprint density at radius 3 is 2.64 bits per heavy atom. The van der Waals surface area contributed by atoms with Crippen molar-refractivity contribution in [3.63, 3.8) is 0 Å². The Bertz CT molecular complexity index is 489. The lowest BCUT2D eigenvalue weighted by atomic mass is 10.2. The minimum Gasteiger partial charge on any atom is -0.493 e. The van der Waals surface area contributed by atoms with Crippen molar-refractivity contribution in [1.82, 2.24) is 19.6 Å². The summed E-state index contributed by atoms with van der Waals surface area (Å²) in [4.78, 5) is 8.35. The molecule has 1 N–H and O–H groups in total. The summed E-state index contributed by atoms with van der Waals surface area (Å²) in [5, 5.41) is 13.9. The highest BCUT2D eigenvalue weighted by molar-refractivity contribution is 5.40. The van der Waals surface area contributed by atoms with Crippen molar-refractivity contribution in [1.29, 1.82) is 0 Å². The lowest BCUT2D eigenvalue weighted by molar-refractivity contribution is 0.427. The fourth-order valence-corrected chi connectivity index (χ4v) is 1.54. The Kier molecular flexibility index (Phi) is 1.87. The minimum absolute atomic E-state index is 0.149. The van der Waals surface area contributed by atoms with Gasteiger partial charge in [-0.25, -0.2) is 4.98 Å². The van der Waals surface area contributed by atoms with E-state index in [1.165, 1.54) is 4.52 Å². The molecule has 74 valence electrons. The molecule has 2 rings (SSSR count). The van der Waals surface area contributed by atoms with Crippen LogP contribution >= 0.6 is 0 Å². The quantitative estimate of drug-likeness (QED) is 0.732. The molecule has 0 amide bonds. The van der Waals surface area contributed by atoms with Gasteiger partial charge in [0.1, 0.15) is 5.82 Å². The molecule has 2 heterocycles. The molecule has 5 nitrogen and oxygen atoms in total. The van der Waals surface area contributed by atoms with Crippen molar-refractivity contribution in [2.45, 2.75) is 27.2 Å². The molecule has 0 fully saturated rings. The SMILES string of the molecule is CCc1c(C)nc2nc(C)nn2c1O. The lowest BCUT2D eigenvalue weighted by Crippen LogP contribution is -2.00. The van der Waals surface area contributed by atoms with Crippen LogP contribution in [-0.4, -0.2) is 24.7 Å². The Morgan fingerprint density at radius 2 is 2.00 bits per heavy atom. The second-order valence-corrected chi connectivity index (χ2v) is 3.22. The van der Waals surface area contributed by atoms with Crippen molar-refractivity contribution >= 4 is 5.78 Å². The van der Waals surface area contributed by atoms with Crippen molar-refractivity contribution < 1.29 is 5.11 Å². The third kappa shape index (κ3) is 1.13. The van der Waals surface area contributed by atoms with Crippen molar-refractivity contribution in [3.05, 3.63) is 17.1 Å². The lowest BCUT2D eigenvalue weighted by Gasteiger charge is -2.05. The largest absolute Gasteiger partial charge is 0.493 e. The molecule has 0 spiro atoms. The van der Waals surface area contributed by atoms with Gasteiger partial charge in [-0.15, -0.1) is 5.10 Å². The summed E-state index contributed by atoms with van der Waals surface area (Å²) in [6.45, 7) is 5.61. The van der Waals surface area contributed by atoms with Gasteiger partial charge in [0.15, 0.2) is 0 Å². The molecular weight excluding hydrogens is 180 g/mol. The van der Waals surface area contributed by atoms with E-state index in [0.29, 0.717) is 11.6 Å². The molecule has 0 saturated carbocycles. The van der Waals surface area contributed by atoms with Gasteiger partial charge in [-0.2, -0.15) is 9.50 Å². The first kappa shape index (κ1) is 8.93. The van der Waals surface area contributed by atoms with E-state index in [2.05, 4.69) is 15.1 Å². The van der Waals surface area contributed by atoms with Crippen LogP contribution in [0.4, 0.5) is 0 Å². The molecule has 0 bridgehead atoms. The number of fused-ring (bicyclic) bond motifs is 1. The summed E-state index contributed by atoms with van der Waals surface area (Å²) in [5.41, 5.74) is 1.63. The predicted octanol–water partition coefficient (Wildman–Crippen LogP) is 1.01. The third-order valence-electron chi connectivity index (χ3n) is 2.22. The Hall–Kier alpha value is -1.65. The molecule has 0 saturated heterocycles. The van der Waals surface area contributed by atoms with Gasteiger partial charge in [0.25, 0.3) is 5.78 Å². The van der Waals surface area contributed by atoms with E-state index in [0.717, 1.165) is 17.7 Å². The Balaban J connectivity index is 2.84. The summed E-state index contributed by atoms with van der Waals surface area (Å²) in [5.74, 6) is 1.21. The molecular formula is C9H12N4O. The number of aromatic nitrogens is 4. The van der Waals surface area contributed by atoms with Crippen LogP contribution < -0.4 is 0 Å². The molecule has 0 aliphatic rings. The van der Waals surface area contributed by atoms with Crippen LogP contribution in [-0.2, 0) is 6.42 Å². The zero-order valence-electron chi connectivity index (χ0n) is 8.44. The molecule has 0 radical (unpaired) electrons. The monoisotopic (exact) mass is 192 g/mol. The van der Waals surface area contributed by atoms with Crippen molar-refractivity contribution in [3.8, 4) is 5.88 Å². The number of hydrogen-bond acceptors (Lipinski definition) is 4. The van der Waals surface area contributed by atoms with E-state index in [1.54, 1.807) is 6.92 Å². The van der Waals surface area contributed by atoms with Crippen LogP contribution in [0.25, 0.3) is 5.78 Å². The van der Waals surface area contributed by atoms with Gasteiger partial charge in [0.2, 0.25) is 5.88 Å². The third-order valence-corrected chi connectivity index (χ3v) is 2.22. The van der Waals surface area contributed by atoms with E-state index in [1.807, 2.05) is 13.8 Å². The van der Waals surface area contributed by atoms with E-state index < -0.39 is 0 Å². The fourth-order valence-electron chi connectivity index (χ4n) is 1.54. The summed E-state index contributed by atoms with van der Waals surface area (Å²) in [6, 6.07) is 0. The average molecular weight is 192 g/mol. The zero-order valence-corrected chi connectivity index (χ0v) is 8.44. The van der Waals surface area contributed by atoms with Gasteiger partial charge >= 0.3 is 0 Å². The smallest absolute Gasteiger partial charge is 0.255 e. The van der Waals surface area contributed by atoms with E-state index in [4.69, 9.17) is 0 Å². The zero-order chi connectivity index (χ0) is 10.3. The Morgan fingerprint density at radius 1 is 1.29 bits per heavy atom. The molecule has 2 aromatic rings. The van der Waals surface area contributed by atoms with Crippen LogP contribution in [0.5, 0.6) is 5.88 Å². The van der Waals surface area contributed by atoms with Gasteiger partial charge in [-0.1, -0.05) is 6.92 Å². The number of hydrogen-bond donors (Lipinski definition) is 1. The number of aromatic hydroxyl groups is 1. The highest BCUT2D eigenvalue weighted by Gasteiger charge is 2.12. The second kappa shape index (κ2) is 2.94. The highest BCUT2D eigenvalue weighted by Crippen LogP contribution is 2.20. The summed E-state index contributed by atoms with van der Waals surface area (Å²) < 4.78 is 1.38. The van der Waals surface area contributed by atoms with Crippen LogP contribution in [0.15, 0.2) is 0 Å². The first-order valence-electron chi connectivity index (χ1n) is 4.55. The molecule has 0 atom stereocenters. The molecule has 0 aromatic carbocycles. The second-order valence-electron chi connectivity index (χ2n) is 3.22.